The lowest BCUT2D eigenvalue weighted by molar-refractivity contribution is -0.146. The van der Waals surface area contributed by atoms with Crippen molar-refractivity contribution in [3.05, 3.63) is 65.7 Å². The minimum Gasteiger partial charge on any atom is -0.493 e. The van der Waals surface area contributed by atoms with E-state index >= 15 is 0 Å². The van der Waals surface area contributed by atoms with Crippen LogP contribution in [0.5, 0.6) is 11.5 Å². The Hall–Kier alpha value is -2.79. The molecule has 5 heteroatoms. The molecule has 1 spiro atoms. The number of hydrogen-bond acceptors (Lipinski definition) is 4. The highest BCUT2D eigenvalue weighted by atomic mass is 16.5. The largest absolute Gasteiger partial charge is 0.493 e. The van der Waals surface area contributed by atoms with E-state index in [0.717, 1.165) is 56.8 Å². The molecule has 0 bridgehead atoms. The molecule has 2 saturated heterocycles. The number of nitrogens with zero attached hydrogens (tertiary/aromatic N) is 2. The van der Waals surface area contributed by atoms with Gasteiger partial charge >= 0.3 is 0 Å². The van der Waals surface area contributed by atoms with Crippen molar-refractivity contribution in [2.45, 2.75) is 25.8 Å². The van der Waals surface area contributed by atoms with Gasteiger partial charge in [-0.3, -0.25) is 9.69 Å². The van der Waals surface area contributed by atoms with E-state index in [1.54, 1.807) is 14.2 Å². The number of carbonyl (C=O) groups excluding carboxylic acids is 1. The van der Waals surface area contributed by atoms with Crippen molar-refractivity contribution < 1.29 is 14.3 Å². The van der Waals surface area contributed by atoms with Gasteiger partial charge in [-0.2, -0.15) is 0 Å². The van der Waals surface area contributed by atoms with Crippen LogP contribution < -0.4 is 9.47 Å². The lowest BCUT2D eigenvalue weighted by Gasteiger charge is -2.39. The van der Waals surface area contributed by atoms with Gasteiger partial charge in [0.05, 0.1) is 19.6 Å². The number of likely N-dealkylation sites (tertiary alicyclic amines) is 2. The lowest BCUT2D eigenvalue weighted by Crippen LogP contribution is -2.49. The number of carbonyl (C=O) groups is 1. The van der Waals surface area contributed by atoms with Crippen LogP contribution in [0.2, 0.25) is 0 Å². The molecule has 2 aromatic rings. The Morgan fingerprint density at radius 1 is 1.00 bits per heavy atom. The van der Waals surface area contributed by atoms with E-state index in [1.807, 2.05) is 29.2 Å². The average Bonchev–Trinajstić information content (AvgIpc) is 3.21. The molecule has 1 amide bonds. The van der Waals surface area contributed by atoms with E-state index in [9.17, 15) is 4.79 Å². The standard InChI is InChI=1S/C26H32N2O3/c1-30-23-13-6-12-22(24(23)31-2)19-28-17-8-14-26(25(28)29)15-18-27(20-26)16-7-11-21-9-4-3-5-10-21/h3-7,9-13H,8,14-20H2,1-2H3. The van der Waals surface area contributed by atoms with E-state index in [0.29, 0.717) is 12.3 Å². The maximum atomic E-state index is 13.6. The van der Waals surface area contributed by atoms with Gasteiger partial charge < -0.3 is 14.4 Å². The Balaban J connectivity index is 1.41. The van der Waals surface area contributed by atoms with Crippen LogP contribution in [-0.4, -0.2) is 56.1 Å². The number of amides is 1. The fourth-order valence-electron chi connectivity index (χ4n) is 4.98. The van der Waals surface area contributed by atoms with E-state index in [2.05, 4.69) is 41.3 Å². The predicted molar refractivity (Wildman–Crippen MR) is 123 cm³/mol. The highest BCUT2D eigenvalue weighted by Crippen LogP contribution is 2.41. The third kappa shape index (κ3) is 4.62. The minimum absolute atomic E-state index is 0.245. The molecule has 2 heterocycles. The first-order valence-corrected chi connectivity index (χ1v) is 11.1. The fourth-order valence-corrected chi connectivity index (χ4v) is 4.98. The molecule has 164 valence electrons. The van der Waals surface area contributed by atoms with Crippen LogP contribution in [0.25, 0.3) is 6.08 Å². The Morgan fingerprint density at radius 2 is 1.84 bits per heavy atom. The van der Waals surface area contributed by atoms with Gasteiger partial charge in [-0.1, -0.05) is 54.6 Å². The van der Waals surface area contributed by atoms with E-state index in [1.165, 1.54) is 5.56 Å². The highest BCUT2D eigenvalue weighted by Gasteiger charge is 2.48. The Labute approximate surface area is 185 Å². The molecule has 0 aliphatic carbocycles. The summed E-state index contributed by atoms with van der Waals surface area (Å²) in [5, 5.41) is 0. The van der Waals surface area contributed by atoms with Crippen LogP contribution in [0, 0.1) is 5.41 Å². The van der Waals surface area contributed by atoms with Crippen molar-refractivity contribution in [3.8, 4) is 11.5 Å². The summed E-state index contributed by atoms with van der Waals surface area (Å²) in [7, 11) is 3.29. The summed E-state index contributed by atoms with van der Waals surface area (Å²) in [6, 6.07) is 16.2. The molecule has 4 rings (SSSR count). The van der Waals surface area contributed by atoms with Gasteiger partial charge in [0, 0.05) is 31.7 Å². The first-order valence-electron chi connectivity index (χ1n) is 11.1. The van der Waals surface area contributed by atoms with Crippen molar-refractivity contribution in [3.63, 3.8) is 0 Å². The first kappa shape index (κ1) is 21.4. The number of methoxy groups -OCH3 is 2. The van der Waals surface area contributed by atoms with Gasteiger partial charge in [-0.15, -0.1) is 0 Å². The Morgan fingerprint density at radius 3 is 2.61 bits per heavy atom. The number of rotatable bonds is 7. The zero-order valence-corrected chi connectivity index (χ0v) is 18.5. The second-order valence-corrected chi connectivity index (χ2v) is 8.56. The number of hydrogen-bond donors (Lipinski definition) is 0. The molecule has 0 aromatic heterocycles. The maximum Gasteiger partial charge on any atom is 0.230 e. The number of piperidine rings is 1. The molecule has 2 fully saturated rings. The molecule has 2 aliphatic heterocycles. The summed E-state index contributed by atoms with van der Waals surface area (Å²) >= 11 is 0. The average molecular weight is 421 g/mol. The summed E-state index contributed by atoms with van der Waals surface area (Å²) in [6.45, 7) is 4.06. The van der Waals surface area contributed by atoms with Gasteiger partial charge in [0.1, 0.15) is 0 Å². The van der Waals surface area contributed by atoms with Crippen molar-refractivity contribution in [2.75, 3.05) is 40.4 Å². The first-order chi connectivity index (χ1) is 15.1. The van der Waals surface area contributed by atoms with E-state index < -0.39 is 0 Å². The van der Waals surface area contributed by atoms with Crippen LogP contribution in [0.1, 0.15) is 30.4 Å². The summed E-state index contributed by atoms with van der Waals surface area (Å²) < 4.78 is 11.0. The van der Waals surface area contributed by atoms with Crippen molar-refractivity contribution in [2.24, 2.45) is 5.41 Å². The van der Waals surface area contributed by atoms with Gasteiger partial charge in [0.15, 0.2) is 11.5 Å². The van der Waals surface area contributed by atoms with Gasteiger partial charge in [0.2, 0.25) is 5.91 Å². The molecule has 31 heavy (non-hydrogen) atoms. The van der Waals surface area contributed by atoms with Gasteiger partial charge in [-0.25, -0.2) is 0 Å². The van der Waals surface area contributed by atoms with Crippen LogP contribution in [0.3, 0.4) is 0 Å². The molecule has 1 unspecified atom stereocenters. The summed E-state index contributed by atoms with van der Waals surface area (Å²) in [4.78, 5) is 18.0. The van der Waals surface area contributed by atoms with Gasteiger partial charge in [0.25, 0.3) is 0 Å². The Kier molecular flexibility index (Phi) is 6.62. The molecule has 0 N–H and O–H groups in total. The predicted octanol–water partition coefficient (Wildman–Crippen LogP) is 4.23. The van der Waals surface area contributed by atoms with Crippen LogP contribution >= 0.6 is 0 Å². The van der Waals surface area contributed by atoms with Gasteiger partial charge in [-0.05, 0) is 37.4 Å². The molecule has 5 nitrogen and oxygen atoms in total. The summed E-state index contributed by atoms with van der Waals surface area (Å²) in [6.07, 6.45) is 7.34. The third-order valence-electron chi connectivity index (χ3n) is 6.58. The molecule has 2 aliphatic rings. The smallest absolute Gasteiger partial charge is 0.230 e. The maximum absolute atomic E-state index is 13.6. The lowest BCUT2D eigenvalue weighted by atomic mass is 9.78. The van der Waals surface area contributed by atoms with Crippen molar-refractivity contribution >= 4 is 12.0 Å². The van der Waals surface area contributed by atoms with E-state index in [-0.39, 0.29) is 11.3 Å². The van der Waals surface area contributed by atoms with Crippen LogP contribution in [0.15, 0.2) is 54.6 Å². The van der Waals surface area contributed by atoms with Crippen molar-refractivity contribution in [1.29, 1.82) is 0 Å². The highest BCUT2D eigenvalue weighted by molar-refractivity contribution is 5.84. The number of para-hydroxylation sites is 1. The zero-order valence-electron chi connectivity index (χ0n) is 18.5. The summed E-state index contributed by atoms with van der Waals surface area (Å²) in [5.74, 6) is 1.71. The Bertz CT molecular complexity index is 928. The topological polar surface area (TPSA) is 42.0 Å². The number of ether oxygens (including phenoxy) is 2. The molecular weight excluding hydrogens is 388 g/mol. The number of benzene rings is 2. The summed E-state index contributed by atoms with van der Waals surface area (Å²) in [5.41, 5.74) is 1.96. The van der Waals surface area contributed by atoms with Crippen LogP contribution in [-0.2, 0) is 11.3 Å². The molecule has 0 radical (unpaired) electrons. The fraction of sp³-hybridized carbons (Fsp3) is 0.423. The second kappa shape index (κ2) is 9.56. The SMILES string of the molecule is COc1cccc(CN2CCCC3(CCN(CC=Cc4ccccc4)C3)C2=O)c1OC. The minimum atomic E-state index is -0.245. The quantitative estimate of drug-likeness (QED) is 0.672. The second-order valence-electron chi connectivity index (χ2n) is 8.56. The normalized spacial score (nSPS) is 21.9. The zero-order chi connectivity index (χ0) is 21.7. The molecular formula is C26H32N2O3. The van der Waals surface area contributed by atoms with Crippen molar-refractivity contribution in [1.82, 2.24) is 9.80 Å². The third-order valence-corrected chi connectivity index (χ3v) is 6.58. The molecule has 1 atom stereocenters. The molecule has 0 saturated carbocycles. The van der Waals surface area contributed by atoms with Crippen LogP contribution in [0.4, 0.5) is 0 Å². The molecule has 2 aromatic carbocycles. The monoisotopic (exact) mass is 420 g/mol. The van der Waals surface area contributed by atoms with E-state index in [4.69, 9.17) is 9.47 Å².